The van der Waals surface area contributed by atoms with Gasteiger partial charge in [-0.1, -0.05) is 24.3 Å². The normalized spacial score (nSPS) is 13.4. The van der Waals surface area contributed by atoms with Crippen LogP contribution in [0.3, 0.4) is 0 Å². The van der Waals surface area contributed by atoms with Gasteiger partial charge in [0.05, 0.1) is 14.2 Å². The number of carbonyl (C=O) groups is 1. The van der Waals surface area contributed by atoms with Gasteiger partial charge in [-0.15, -0.1) is 0 Å². The van der Waals surface area contributed by atoms with E-state index in [2.05, 4.69) is 0 Å². The van der Waals surface area contributed by atoms with Crippen LogP contribution < -0.4 is 4.74 Å². The van der Waals surface area contributed by atoms with Crippen LogP contribution in [0.5, 0.6) is 5.75 Å². The van der Waals surface area contributed by atoms with Crippen molar-refractivity contribution in [1.29, 1.82) is 0 Å². The van der Waals surface area contributed by atoms with Gasteiger partial charge in [0, 0.05) is 16.5 Å². The lowest BCUT2D eigenvalue weighted by molar-refractivity contribution is 0.0957. The Labute approximate surface area is 105 Å². The number of ketones is 1. The Morgan fingerprint density at radius 3 is 2.56 bits per heavy atom. The fraction of sp³-hybridized carbons (Fsp3) is 0.133. The van der Waals surface area contributed by atoms with Crippen LogP contribution in [0.2, 0.25) is 0 Å². The summed E-state index contributed by atoms with van der Waals surface area (Å²) < 4.78 is 10.5. The van der Waals surface area contributed by atoms with Gasteiger partial charge in [-0.05, 0) is 17.5 Å². The Bertz CT molecular complexity index is 683. The van der Waals surface area contributed by atoms with Crippen molar-refractivity contribution in [3.05, 3.63) is 47.2 Å². The van der Waals surface area contributed by atoms with E-state index in [1.807, 2.05) is 30.3 Å². The molecule has 3 heteroatoms. The van der Waals surface area contributed by atoms with Gasteiger partial charge in [-0.3, -0.25) is 4.79 Å². The van der Waals surface area contributed by atoms with Crippen molar-refractivity contribution in [2.45, 2.75) is 0 Å². The third-order valence-corrected chi connectivity index (χ3v) is 3.23. The lowest BCUT2D eigenvalue weighted by atomic mass is 9.91. The standard InChI is InChI=1S/C15H12O3/c1-17-12-7-6-9-4-3-5-10-14(9)11(12)8-13(18-2)15(10)16/h3-8H,1-2H3. The monoisotopic (exact) mass is 240 g/mol. The Kier molecular flexibility index (Phi) is 2.33. The molecule has 0 saturated heterocycles. The third-order valence-electron chi connectivity index (χ3n) is 3.23. The van der Waals surface area contributed by atoms with Gasteiger partial charge in [-0.2, -0.15) is 0 Å². The molecule has 90 valence electrons. The number of hydrogen-bond donors (Lipinski definition) is 0. The zero-order chi connectivity index (χ0) is 12.7. The van der Waals surface area contributed by atoms with E-state index < -0.39 is 0 Å². The molecule has 0 heterocycles. The summed E-state index contributed by atoms with van der Waals surface area (Å²) in [6, 6.07) is 9.55. The van der Waals surface area contributed by atoms with Crippen LogP contribution in [0.25, 0.3) is 16.8 Å². The lowest BCUT2D eigenvalue weighted by Gasteiger charge is -2.18. The first-order valence-corrected chi connectivity index (χ1v) is 5.66. The summed E-state index contributed by atoms with van der Waals surface area (Å²) in [4.78, 5) is 12.2. The summed E-state index contributed by atoms with van der Waals surface area (Å²) >= 11 is 0. The topological polar surface area (TPSA) is 35.5 Å². The van der Waals surface area contributed by atoms with Gasteiger partial charge in [0.25, 0.3) is 0 Å². The highest BCUT2D eigenvalue weighted by molar-refractivity contribution is 6.22. The molecule has 1 aliphatic rings. The SMILES string of the molecule is COC1=Cc2c(OC)ccc3cccc(c23)C1=O. The first-order chi connectivity index (χ1) is 8.76. The van der Waals surface area contributed by atoms with Gasteiger partial charge in [0.15, 0.2) is 5.76 Å². The van der Waals surface area contributed by atoms with E-state index in [1.165, 1.54) is 7.11 Å². The molecule has 18 heavy (non-hydrogen) atoms. The maximum atomic E-state index is 12.2. The van der Waals surface area contributed by atoms with Crippen molar-refractivity contribution < 1.29 is 14.3 Å². The number of allylic oxidation sites excluding steroid dienone is 1. The van der Waals surface area contributed by atoms with Crippen molar-refractivity contribution in [3.8, 4) is 5.75 Å². The molecule has 0 spiro atoms. The average molecular weight is 240 g/mol. The number of carbonyl (C=O) groups excluding carboxylic acids is 1. The van der Waals surface area contributed by atoms with Crippen molar-refractivity contribution in [1.82, 2.24) is 0 Å². The molecular formula is C15H12O3. The molecule has 3 rings (SSSR count). The minimum atomic E-state index is -0.0798. The molecule has 0 amide bonds. The van der Waals surface area contributed by atoms with Gasteiger partial charge in [0.2, 0.25) is 5.78 Å². The molecular weight excluding hydrogens is 228 g/mol. The molecule has 0 unspecified atom stereocenters. The van der Waals surface area contributed by atoms with Crippen molar-refractivity contribution in [2.75, 3.05) is 14.2 Å². The molecule has 2 aromatic carbocycles. The number of hydrogen-bond acceptors (Lipinski definition) is 3. The van der Waals surface area contributed by atoms with E-state index in [0.29, 0.717) is 11.3 Å². The van der Waals surface area contributed by atoms with E-state index >= 15 is 0 Å². The van der Waals surface area contributed by atoms with Crippen LogP contribution in [0.1, 0.15) is 15.9 Å². The lowest BCUT2D eigenvalue weighted by Crippen LogP contribution is -2.10. The Hall–Kier alpha value is -2.29. The summed E-state index contributed by atoms with van der Waals surface area (Å²) in [5.41, 5.74) is 1.57. The number of Topliss-reactive ketones (excluding diaryl/α,β-unsaturated/α-hetero) is 1. The van der Waals surface area contributed by atoms with Crippen molar-refractivity contribution in [3.63, 3.8) is 0 Å². The summed E-state index contributed by atoms with van der Waals surface area (Å²) in [6.07, 6.45) is 1.75. The molecule has 1 aliphatic carbocycles. The number of rotatable bonds is 2. The summed E-state index contributed by atoms with van der Waals surface area (Å²) in [7, 11) is 3.13. The Morgan fingerprint density at radius 2 is 1.83 bits per heavy atom. The van der Waals surface area contributed by atoms with E-state index in [4.69, 9.17) is 9.47 Å². The average Bonchev–Trinajstić information content (AvgIpc) is 2.42. The molecule has 0 bridgehead atoms. The van der Waals surface area contributed by atoms with Gasteiger partial charge in [-0.25, -0.2) is 0 Å². The van der Waals surface area contributed by atoms with Crippen LogP contribution in [-0.2, 0) is 4.74 Å². The van der Waals surface area contributed by atoms with E-state index in [0.717, 1.165) is 22.1 Å². The largest absolute Gasteiger partial charge is 0.496 e. The van der Waals surface area contributed by atoms with Crippen LogP contribution >= 0.6 is 0 Å². The predicted molar refractivity (Wildman–Crippen MR) is 69.8 cm³/mol. The summed E-state index contributed by atoms with van der Waals surface area (Å²) in [5.74, 6) is 1.01. The quantitative estimate of drug-likeness (QED) is 0.809. The molecule has 2 aromatic rings. The molecule has 0 saturated carbocycles. The van der Waals surface area contributed by atoms with Crippen LogP contribution in [0.15, 0.2) is 36.1 Å². The summed E-state index contributed by atoms with van der Waals surface area (Å²) in [5, 5.41) is 1.96. The summed E-state index contributed by atoms with van der Waals surface area (Å²) in [6.45, 7) is 0. The maximum Gasteiger partial charge on any atom is 0.228 e. The highest BCUT2D eigenvalue weighted by Gasteiger charge is 2.24. The maximum absolute atomic E-state index is 12.2. The van der Waals surface area contributed by atoms with Crippen molar-refractivity contribution >= 4 is 22.6 Å². The molecule has 0 aromatic heterocycles. The van der Waals surface area contributed by atoms with Crippen LogP contribution in [0, 0.1) is 0 Å². The zero-order valence-electron chi connectivity index (χ0n) is 10.2. The smallest absolute Gasteiger partial charge is 0.228 e. The fourth-order valence-electron chi connectivity index (χ4n) is 2.38. The Morgan fingerprint density at radius 1 is 1.00 bits per heavy atom. The molecule has 0 atom stereocenters. The minimum absolute atomic E-state index is 0.0798. The first-order valence-electron chi connectivity index (χ1n) is 5.66. The van der Waals surface area contributed by atoms with Gasteiger partial charge < -0.3 is 9.47 Å². The first kappa shape index (κ1) is 10.8. The minimum Gasteiger partial charge on any atom is -0.496 e. The van der Waals surface area contributed by atoms with E-state index in [-0.39, 0.29) is 5.78 Å². The zero-order valence-corrected chi connectivity index (χ0v) is 10.2. The highest BCUT2D eigenvalue weighted by atomic mass is 16.5. The predicted octanol–water partition coefficient (Wildman–Crippen LogP) is 3.03. The number of benzene rings is 2. The fourth-order valence-corrected chi connectivity index (χ4v) is 2.38. The molecule has 3 nitrogen and oxygen atoms in total. The van der Waals surface area contributed by atoms with E-state index in [9.17, 15) is 4.79 Å². The van der Waals surface area contributed by atoms with Crippen LogP contribution in [0.4, 0.5) is 0 Å². The molecule has 0 radical (unpaired) electrons. The second-order valence-corrected chi connectivity index (χ2v) is 4.13. The Balaban J connectivity index is 2.46. The van der Waals surface area contributed by atoms with Gasteiger partial charge in [0.1, 0.15) is 5.75 Å². The number of ether oxygens (including phenoxy) is 2. The van der Waals surface area contributed by atoms with Crippen LogP contribution in [-0.4, -0.2) is 20.0 Å². The van der Waals surface area contributed by atoms with Gasteiger partial charge >= 0.3 is 0 Å². The van der Waals surface area contributed by atoms with E-state index in [1.54, 1.807) is 13.2 Å². The highest BCUT2D eigenvalue weighted by Crippen LogP contribution is 2.36. The van der Waals surface area contributed by atoms with Crippen molar-refractivity contribution in [2.24, 2.45) is 0 Å². The second-order valence-electron chi connectivity index (χ2n) is 4.13. The molecule has 0 fully saturated rings. The third kappa shape index (κ3) is 1.34. The second kappa shape index (κ2) is 3.88. The number of methoxy groups -OCH3 is 2. The molecule has 0 aliphatic heterocycles. The molecule has 0 N–H and O–H groups in total.